The smallest absolute Gasteiger partial charge is 0.413 e. The molecule has 12 nitrogen and oxygen atoms in total. The number of aromatic nitrogens is 2. The highest BCUT2D eigenvalue weighted by molar-refractivity contribution is 6.74. The molecule has 0 aliphatic carbocycles. The molecule has 53 heavy (non-hydrogen) atoms. The summed E-state index contributed by atoms with van der Waals surface area (Å²) in [6.07, 6.45) is -7.64. The first-order valence-corrected chi connectivity index (χ1v) is 24.1. The molecule has 1 fully saturated rings. The summed E-state index contributed by atoms with van der Waals surface area (Å²) in [5.74, 6) is 4.91. The summed E-state index contributed by atoms with van der Waals surface area (Å²) < 4.78 is 23.8. The van der Waals surface area contributed by atoms with E-state index in [0.29, 0.717) is 5.56 Å². The number of nitrogens with zero attached hydrogens (tertiary/aromatic N) is 2. The van der Waals surface area contributed by atoms with E-state index >= 15 is 0 Å². The third-order valence-corrected chi connectivity index (χ3v) is 20.5. The number of halogens is 3. The van der Waals surface area contributed by atoms with E-state index < -0.39 is 85.5 Å². The molecule has 0 spiro atoms. The Hall–Kier alpha value is -2.30. The zero-order valence-corrected chi connectivity index (χ0v) is 36.6. The standard InChI is InChI=1S/C36H52Cl3N3O9Si2/c1-33(2,3)52(9,10)48-21-25-28(51-53(11,12)34(4,5)6)27(45)30(49-25)42-26(24(44)19-18-22-16-14-13-15-17-22)23(20-43)29(40-31(42)46)41-32(47)50-35(7,8)36(37,38)39/h13-17,20,24-25,27-28,30,44-45H,21H2,1-12H3,(H,40,41,46,47)/t24?,25-,27-,28-,30-/m1/s1. The summed E-state index contributed by atoms with van der Waals surface area (Å²) >= 11 is 17.9. The highest BCUT2D eigenvalue weighted by Crippen LogP contribution is 2.44. The van der Waals surface area contributed by atoms with E-state index in [2.05, 4.69) is 76.8 Å². The average molecular weight is 833 g/mol. The predicted molar refractivity (Wildman–Crippen MR) is 212 cm³/mol. The zero-order valence-electron chi connectivity index (χ0n) is 32.3. The number of benzene rings is 1. The number of anilines is 1. The third kappa shape index (κ3) is 10.5. The molecule has 1 aromatic heterocycles. The number of amides is 1. The molecule has 3 rings (SSSR count). The Morgan fingerprint density at radius 1 is 1.04 bits per heavy atom. The maximum absolute atomic E-state index is 14.0. The highest BCUT2D eigenvalue weighted by Gasteiger charge is 2.52. The molecule has 1 amide bonds. The number of carbonyl (C=O) groups excluding carboxylic acids is 2. The van der Waals surface area contributed by atoms with Gasteiger partial charge >= 0.3 is 11.8 Å². The number of alkyl halides is 3. The van der Waals surface area contributed by atoms with Crippen LogP contribution in [0.3, 0.4) is 0 Å². The fourth-order valence-electron chi connectivity index (χ4n) is 4.69. The van der Waals surface area contributed by atoms with Crippen LogP contribution in [-0.2, 0) is 18.3 Å². The molecule has 0 bridgehead atoms. The first-order chi connectivity index (χ1) is 24.0. The van der Waals surface area contributed by atoms with Gasteiger partial charge in [0, 0.05) is 5.56 Å². The van der Waals surface area contributed by atoms with Gasteiger partial charge in [-0.25, -0.2) is 9.59 Å². The van der Waals surface area contributed by atoms with Crippen molar-refractivity contribution in [1.29, 1.82) is 0 Å². The Labute approximate surface area is 329 Å². The summed E-state index contributed by atoms with van der Waals surface area (Å²) in [7, 11) is -4.92. The Balaban J connectivity index is 2.24. The molecule has 17 heteroatoms. The van der Waals surface area contributed by atoms with Gasteiger partial charge in [0.25, 0.3) is 0 Å². The van der Waals surface area contributed by atoms with E-state index in [-0.39, 0.29) is 23.0 Å². The van der Waals surface area contributed by atoms with Crippen molar-refractivity contribution < 1.29 is 38.1 Å². The van der Waals surface area contributed by atoms with Crippen LogP contribution in [0.2, 0.25) is 36.3 Å². The first-order valence-electron chi connectivity index (χ1n) is 17.1. The normalized spacial score (nSPS) is 20.7. The number of carbonyl (C=O) groups is 2. The highest BCUT2D eigenvalue weighted by atomic mass is 35.6. The second-order valence-corrected chi connectivity index (χ2v) is 28.4. The van der Waals surface area contributed by atoms with Crippen LogP contribution in [0.5, 0.6) is 0 Å². The van der Waals surface area contributed by atoms with Crippen LogP contribution in [0.4, 0.5) is 10.6 Å². The lowest BCUT2D eigenvalue weighted by molar-refractivity contribution is -0.0558. The largest absolute Gasteiger partial charge is 0.439 e. The van der Waals surface area contributed by atoms with Gasteiger partial charge in [0.2, 0.25) is 3.79 Å². The molecule has 294 valence electrons. The molecule has 5 atom stereocenters. The van der Waals surface area contributed by atoms with Gasteiger partial charge in [-0.3, -0.25) is 14.7 Å². The van der Waals surface area contributed by atoms with Crippen LogP contribution < -0.4 is 11.0 Å². The van der Waals surface area contributed by atoms with Crippen molar-refractivity contribution in [3.63, 3.8) is 0 Å². The van der Waals surface area contributed by atoms with Crippen LogP contribution in [-0.4, -0.2) is 83.1 Å². The molecule has 2 aromatic rings. The molecular formula is C36H52Cl3N3O9Si2. The van der Waals surface area contributed by atoms with Gasteiger partial charge < -0.3 is 28.5 Å². The van der Waals surface area contributed by atoms with Gasteiger partial charge in [0.1, 0.15) is 18.3 Å². The number of aliphatic hydroxyl groups excluding tert-OH is 2. The van der Waals surface area contributed by atoms with Crippen molar-refractivity contribution in [2.45, 2.75) is 132 Å². The molecule has 1 saturated heterocycles. The van der Waals surface area contributed by atoms with E-state index in [1.807, 2.05) is 13.1 Å². The van der Waals surface area contributed by atoms with Gasteiger partial charge in [-0.05, 0) is 62.2 Å². The quantitative estimate of drug-likeness (QED) is 0.0947. The number of aldehydes is 1. The molecular weight excluding hydrogens is 781 g/mol. The van der Waals surface area contributed by atoms with Gasteiger partial charge in [-0.15, -0.1) is 0 Å². The van der Waals surface area contributed by atoms with E-state index in [1.54, 1.807) is 30.3 Å². The number of hydrogen-bond acceptors (Lipinski definition) is 10. The Kier molecular flexibility index (Phi) is 14.0. The molecule has 3 N–H and O–H groups in total. The van der Waals surface area contributed by atoms with Crippen LogP contribution in [0, 0.1) is 11.8 Å². The van der Waals surface area contributed by atoms with Crippen molar-refractivity contribution in [2.75, 3.05) is 11.9 Å². The van der Waals surface area contributed by atoms with Gasteiger partial charge in [-0.2, -0.15) is 4.98 Å². The van der Waals surface area contributed by atoms with Gasteiger partial charge in [0.05, 0.1) is 17.9 Å². The summed E-state index contributed by atoms with van der Waals surface area (Å²) in [6, 6.07) is 8.70. The van der Waals surface area contributed by atoms with Gasteiger partial charge in [-0.1, -0.05) is 106 Å². The fourth-order valence-corrected chi connectivity index (χ4v) is 7.14. The van der Waals surface area contributed by atoms with E-state index in [0.717, 1.165) is 4.57 Å². The number of rotatable bonds is 10. The van der Waals surface area contributed by atoms with Crippen molar-refractivity contribution in [1.82, 2.24) is 9.55 Å². The van der Waals surface area contributed by atoms with Crippen LogP contribution in [0.25, 0.3) is 0 Å². The van der Waals surface area contributed by atoms with Crippen molar-refractivity contribution >= 4 is 69.6 Å². The molecule has 0 radical (unpaired) electrons. The van der Waals surface area contributed by atoms with Crippen LogP contribution in [0.1, 0.15) is 89.3 Å². The molecule has 1 aromatic carbocycles. The maximum atomic E-state index is 14.0. The summed E-state index contributed by atoms with van der Waals surface area (Å²) in [5, 5.41) is 25.5. The zero-order chi connectivity index (χ0) is 40.5. The second-order valence-electron chi connectivity index (χ2n) is 16.6. The molecule has 2 heterocycles. The van der Waals surface area contributed by atoms with Crippen molar-refractivity contribution in [3.8, 4) is 11.8 Å². The molecule has 0 saturated carbocycles. The van der Waals surface area contributed by atoms with Crippen molar-refractivity contribution in [3.05, 3.63) is 57.6 Å². The minimum Gasteiger partial charge on any atom is -0.439 e. The van der Waals surface area contributed by atoms with Gasteiger partial charge in [0.15, 0.2) is 46.7 Å². The lowest BCUT2D eigenvalue weighted by Gasteiger charge is -2.41. The lowest BCUT2D eigenvalue weighted by atomic mass is 10.1. The second kappa shape index (κ2) is 16.4. The topological polar surface area (TPSA) is 158 Å². The third-order valence-electron chi connectivity index (χ3n) is 10.2. The summed E-state index contributed by atoms with van der Waals surface area (Å²) in [6.45, 7) is 23.3. The Morgan fingerprint density at radius 2 is 1.60 bits per heavy atom. The number of nitrogens with one attached hydrogen (secondary N) is 1. The molecule has 1 aliphatic rings. The van der Waals surface area contributed by atoms with Crippen LogP contribution >= 0.6 is 34.8 Å². The summed E-state index contributed by atoms with van der Waals surface area (Å²) in [5.41, 5.74) is -3.07. The van der Waals surface area contributed by atoms with E-state index in [4.69, 9.17) is 53.1 Å². The molecule has 1 unspecified atom stereocenters. The monoisotopic (exact) mass is 831 g/mol. The fraction of sp³-hybridized carbons (Fsp3) is 0.611. The molecule has 1 aliphatic heterocycles. The van der Waals surface area contributed by atoms with E-state index in [1.165, 1.54) is 13.8 Å². The maximum Gasteiger partial charge on any atom is 0.413 e. The number of ether oxygens (including phenoxy) is 2. The predicted octanol–water partition coefficient (Wildman–Crippen LogP) is 7.51. The van der Waals surface area contributed by atoms with E-state index in [9.17, 15) is 24.6 Å². The number of hydrogen-bond donors (Lipinski definition) is 3. The Morgan fingerprint density at radius 3 is 2.11 bits per heavy atom. The Bertz CT molecular complexity index is 1760. The van der Waals surface area contributed by atoms with Crippen molar-refractivity contribution in [2.24, 2.45) is 0 Å². The number of aliphatic hydroxyl groups is 2. The summed E-state index contributed by atoms with van der Waals surface area (Å²) in [4.78, 5) is 43.9. The minimum absolute atomic E-state index is 0.0300. The van der Waals surface area contributed by atoms with Crippen LogP contribution in [0.15, 0.2) is 35.1 Å². The average Bonchev–Trinajstić information content (AvgIpc) is 3.30. The SMILES string of the molecule is CC(C)(OC(=O)Nc1nc(=O)n([C@@H]2O[C@H](CO[Si](C)(C)C(C)(C)C)[C@@H](O[Si](C)(C)C(C)(C)C)[C@H]2O)c(C(O)C#Cc2ccccc2)c1C=O)C(Cl)(Cl)Cl. The minimum atomic E-state index is -2.58. The first kappa shape index (κ1) is 45.1. The lowest BCUT2D eigenvalue weighted by Crippen LogP contribution is -2.51.